The van der Waals surface area contributed by atoms with Crippen LogP contribution in [0.3, 0.4) is 0 Å². The summed E-state index contributed by atoms with van der Waals surface area (Å²) in [6.07, 6.45) is -0.762. The van der Waals surface area contributed by atoms with Crippen molar-refractivity contribution < 1.29 is 14.9 Å². The third-order valence-corrected chi connectivity index (χ3v) is 2.82. The Balaban J connectivity index is 1.98. The van der Waals surface area contributed by atoms with E-state index in [4.69, 9.17) is 21.4 Å². The summed E-state index contributed by atoms with van der Waals surface area (Å²) in [4.78, 5) is 0. The first kappa shape index (κ1) is 12.7. The van der Waals surface area contributed by atoms with Gasteiger partial charge in [-0.05, 0) is 29.8 Å². The van der Waals surface area contributed by atoms with Crippen molar-refractivity contribution in [3.63, 3.8) is 0 Å². The molecule has 0 saturated carbocycles. The van der Waals surface area contributed by atoms with Gasteiger partial charge in [-0.25, -0.2) is 0 Å². The highest BCUT2D eigenvalue weighted by Crippen LogP contribution is 2.25. The Morgan fingerprint density at radius 2 is 1.72 bits per heavy atom. The van der Waals surface area contributed by atoms with Crippen molar-refractivity contribution in [1.29, 1.82) is 0 Å². The van der Waals surface area contributed by atoms with Gasteiger partial charge < -0.3 is 14.9 Å². The first-order chi connectivity index (χ1) is 8.66. The molecular formula is C14H13ClO3. The molecule has 0 spiro atoms. The summed E-state index contributed by atoms with van der Waals surface area (Å²) >= 11 is 5.93. The first-order valence-electron chi connectivity index (χ1n) is 5.51. The number of ether oxygens (including phenoxy) is 1. The van der Waals surface area contributed by atoms with Crippen molar-refractivity contribution in [3.05, 3.63) is 59.1 Å². The number of para-hydroxylation sites is 1. The van der Waals surface area contributed by atoms with Crippen LogP contribution in [0.4, 0.5) is 0 Å². The van der Waals surface area contributed by atoms with E-state index in [2.05, 4.69) is 0 Å². The number of benzene rings is 2. The van der Waals surface area contributed by atoms with Crippen LogP contribution >= 0.6 is 11.6 Å². The van der Waals surface area contributed by atoms with Gasteiger partial charge in [0.25, 0.3) is 0 Å². The Hall–Kier alpha value is -1.71. The zero-order chi connectivity index (χ0) is 13.0. The van der Waals surface area contributed by atoms with Crippen molar-refractivity contribution in [3.8, 4) is 11.5 Å². The van der Waals surface area contributed by atoms with Gasteiger partial charge in [0, 0.05) is 0 Å². The van der Waals surface area contributed by atoms with E-state index < -0.39 is 6.10 Å². The van der Waals surface area contributed by atoms with E-state index in [1.165, 1.54) is 12.1 Å². The average molecular weight is 265 g/mol. The van der Waals surface area contributed by atoms with Gasteiger partial charge in [-0.2, -0.15) is 0 Å². The zero-order valence-corrected chi connectivity index (χ0v) is 10.3. The van der Waals surface area contributed by atoms with Gasteiger partial charge >= 0.3 is 0 Å². The molecule has 0 aliphatic heterocycles. The van der Waals surface area contributed by atoms with E-state index in [9.17, 15) is 5.11 Å². The molecule has 4 heteroatoms. The van der Waals surface area contributed by atoms with Gasteiger partial charge in [0.05, 0.1) is 5.02 Å². The van der Waals surface area contributed by atoms with Crippen molar-refractivity contribution in [2.24, 2.45) is 0 Å². The smallest absolute Gasteiger partial charge is 0.138 e. The van der Waals surface area contributed by atoms with Crippen LogP contribution in [0, 0.1) is 0 Å². The molecule has 0 fully saturated rings. The minimum atomic E-state index is -0.762. The molecule has 3 nitrogen and oxygen atoms in total. The number of hydrogen-bond acceptors (Lipinski definition) is 3. The lowest BCUT2D eigenvalue weighted by atomic mass is 10.1. The molecule has 2 aromatic rings. The largest absolute Gasteiger partial charge is 0.508 e. The molecule has 0 bridgehead atoms. The summed E-state index contributed by atoms with van der Waals surface area (Å²) in [5, 5.41) is 19.6. The third kappa shape index (κ3) is 3.15. The summed E-state index contributed by atoms with van der Waals surface area (Å²) < 4.78 is 5.44. The second-order valence-electron chi connectivity index (χ2n) is 3.85. The monoisotopic (exact) mass is 264 g/mol. The number of rotatable bonds is 4. The van der Waals surface area contributed by atoms with Gasteiger partial charge in [-0.1, -0.05) is 35.9 Å². The Bertz CT molecular complexity index is 511. The normalized spacial score (nSPS) is 12.1. The standard InChI is InChI=1S/C14H13ClO3/c15-12-3-1-2-4-14(12)18-9-13(17)10-5-7-11(16)8-6-10/h1-8,13,16-17H,9H2. The Morgan fingerprint density at radius 3 is 2.39 bits per heavy atom. The summed E-state index contributed by atoms with van der Waals surface area (Å²) in [6.45, 7) is 0.106. The lowest BCUT2D eigenvalue weighted by molar-refractivity contribution is 0.108. The number of aromatic hydroxyl groups is 1. The average Bonchev–Trinajstić information content (AvgIpc) is 2.38. The molecule has 1 atom stereocenters. The molecular weight excluding hydrogens is 252 g/mol. The van der Waals surface area contributed by atoms with E-state index in [1.807, 2.05) is 12.1 Å². The number of aliphatic hydroxyl groups excluding tert-OH is 1. The lowest BCUT2D eigenvalue weighted by Crippen LogP contribution is -2.09. The van der Waals surface area contributed by atoms with Crippen LogP contribution < -0.4 is 4.74 Å². The van der Waals surface area contributed by atoms with Gasteiger partial charge in [-0.3, -0.25) is 0 Å². The van der Waals surface area contributed by atoms with Crippen LogP contribution in [0.1, 0.15) is 11.7 Å². The number of halogens is 1. The number of hydrogen-bond donors (Lipinski definition) is 2. The second kappa shape index (κ2) is 5.76. The maximum absolute atomic E-state index is 9.91. The van der Waals surface area contributed by atoms with Crippen molar-refractivity contribution in [1.82, 2.24) is 0 Å². The summed E-state index contributed by atoms with van der Waals surface area (Å²) in [5.74, 6) is 0.704. The fraction of sp³-hybridized carbons (Fsp3) is 0.143. The molecule has 0 heterocycles. The topological polar surface area (TPSA) is 49.7 Å². The molecule has 2 N–H and O–H groups in total. The van der Waals surface area contributed by atoms with E-state index in [0.717, 1.165) is 0 Å². The van der Waals surface area contributed by atoms with Crippen LogP contribution in [-0.2, 0) is 0 Å². The molecule has 2 aromatic carbocycles. The molecule has 2 rings (SSSR count). The van der Waals surface area contributed by atoms with Gasteiger partial charge in [-0.15, -0.1) is 0 Å². The van der Waals surface area contributed by atoms with Crippen LogP contribution in [0.5, 0.6) is 11.5 Å². The predicted octanol–water partition coefficient (Wildman–Crippen LogP) is 3.16. The van der Waals surface area contributed by atoms with Gasteiger partial charge in [0.1, 0.15) is 24.2 Å². The third-order valence-electron chi connectivity index (χ3n) is 2.51. The van der Waals surface area contributed by atoms with Gasteiger partial charge in [0.2, 0.25) is 0 Å². The molecule has 0 aliphatic carbocycles. The number of aliphatic hydroxyl groups is 1. The molecule has 0 amide bonds. The van der Waals surface area contributed by atoms with E-state index in [1.54, 1.807) is 24.3 Å². The molecule has 18 heavy (non-hydrogen) atoms. The maximum atomic E-state index is 9.91. The molecule has 94 valence electrons. The molecule has 0 aliphatic rings. The minimum Gasteiger partial charge on any atom is -0.508 e. The zero-order valence-electron chi connectivity index (χ0n) is 9.58. The highest BCUT2D eigenvalue weighted by molar-refractivity contribution is 6.32. The van der Waals surface area contributed by atoms with E-state index in [0.29, 0.717) is 16.3 Å². The summed E-state index contributed by atoms with van der Waals surface area (Å²) in [5.41, 5.74) is 0.680. The van der Waals surface area contributed by atoms with Crippen LogP contribution in [0.2, 0.25) is 5.02 Å². The highest BCUT2D eigenvalue weighted by Gasteiger charge is 2.09. The van der Waals surface area contributed by atoms with Crippen molar-refractivity contribution >= 4 is 11.6 Å². The molecule has 1 unspecified atom stereocenters. The predicted molar refractivity (Wildman–Crippen MR) is 70.0 cm³/mol. The fourth-order valence-corrected chi connectivity index (χ4v) is 1.71. The number of phenols is 1. The Kier molecular flexibility index (Phi) is 4.07. The van der Waals surface area contributed by atoms with E-state index >= 15 is 0 Å². The van der Waals surface area contributed by atoms with Crippen LogP contribution in [0.25, 0.3) is 0 Å². The minimum absolute atomic E-state index is 0.106. The second-order valence-corrected chi connectivity index (χ2v) is 4.26. The quantitative estimate of drug-likeness (QED) is 0.892. The maximum Gasteiger partial charge on any atom is 0.138 e. The molecule has 0 aromatic heterocycles. The summed E-state index contributed by atoms with van der Waals surface area (Å²) in [6, 6.07) is 13.4. The fourth-order valence-electron chi connectivity index (χ4n) is 1.52. The highest BCUT2D eigenvalue weighted by atomic mass is 35.5. The van der Waals surface area contributed by atoms with E-state index in [-0.39, 0.29) is 12.4 Å². The molecule has 0 saturated heterocycles. The van der Waals surface area contributed by atoms with Crippen LogP contribution in [-0.4, -0.2) is 16.8 Å². The Labute approximate surface area is 110 Å². The van der Waals surface area contributed by atoms with Crippen molar-refractivity contribution in [2.45, 2.75) is 6.10 Å². The number of phenolic OH excluding ortho intramolecular Hbond substituents is 1. The SMILES string of the molecule is Oc1ccc(C(O)COc2ccccc2Cl)cc1. The Morgan fingerprint density at radius 1 is 1.06 bits per heavy atom. The summed E-state index contributed by atoms with van der Waals surface area (Å²) in [7, 11) is 0. The molecule has 0 radical (unpaired) electrons. The van der Waals surface area contributed by atoms with Crippen LogP contribution in [0.15, 0.2) is 48.5 Å². The van der Waals surface area contributed by atoms with Crippen molar-refractivity contribution in [2.75, 3.05) is 6.61 Å². The van der Waals surface area contributed by atoms with Gasteiger partial charge in [0.15, 0.2) is 0 Å². The lowest BCUT2D eigenvalue weighted by Gasteiger charge is -2.13. The first-order valence-corrected chi connectivity index (χ1v) is 5.89.